The third-order valence-corrected chi connectivity index (χ3v) is 4.03. The minimum atomic E-state index is -0.578. The Morgan fingerprint density at radius 3 is 2.60 bits per heavy atom. The first kappa shape index (κ1) is 17.5. The molecule has 1 amide bonds. The average Bonchev–Trinajstić information content (AvgIpc) is 2.93. The molecule has 25 heavy (non-hydrogen) atoms. The molecule has 1 N–H and O–H groups in total. The van der Waals surface area contributed by atoms with E-state index in [1.165, 1.54) is 4.90 Å². The Balaban J connectivity index is 1.78. The van der Waals surface area contributed by atoms with Crippen molar-refractivity contribution in [3.63, 3.8) is 0 Å². The standard InChI is InChI=1S/C18H20ClN3O3/c1-18(2,3)25-17(24)22-9-13-14(10-22)20-15(21-16(13)23)8-11-4-6-12(19)7-5-11/h4-7H,8-10H2,1-3H3,(H,20,21,23). The number of ether oxygens (including phenoxy) is 1. The molecule has 1 aromatic heterocycles. The largest absolute Gasteiger partial charge is 0.444 e. The molecular formula is C18H20ClN3O3. The molecule has 6 nitrogen and oxygen atoms in total. The van der Waals surface area contributed by atoms with Crippen LogP contribution in [0.1, 0.15) is 43.4 Å². The first-order chi connectivity index (χ1) is 11.7. The second-order valence-electron chi connectivity index (χ2n) is 7.08. The summed E-state index contributed by atoms with van der Waals surface area (Å²) < 4.78 is 5.36. The van der Waals surface area contributed by atoms with Gasteiger partial charge in [0.1, 0.15) is 11.4 Å². The van der Waals surface area contributed by atoms with Gasteiger partial charge in [-0.1, -0.05) is 23.7 Å². The summed E-state index contributed by atoms with van der Waals surface area (Å²) in [6, 6.07) is 7.38. The van der Waals surface area contributed by atoms with Gasteiger partial charge in [0.25, 0.3) is 5.56 Å². The summed E-state index contributed by atoms with van der Waals surface area (Å²) in [5, 5.41) is 0.659. The number of aromatic nitrogens is 2. The number of hydrogen-bond acceptors (Lipinski definition) is 4. The molecule has 0 aliphatic carbocycles. The maximum Gasteiger partial charge on any atom is 0.410 e. The molecule has 1 aliphatic rings. The molecule has 0 radical (unpaired) electrons. The number of benzene rings is 1. The lowest BCUT2D eigenvalue weighted by molar-refractivity contribution is 0.0240. The molecule has 7 heteroatoms. The van der Waals surface area contributed by atoms with Crippen molar-refractivity contribution in [3.05, 3.63) is 62.3 Å². The number of fused-ring (bicyclic) bond motifs is 1. The highest BCUT2D eigenvalue weighted by molar-refractivity contribution is 6.30. The minimum absolute atomic E-state index is 0.208. The minimum Gasteiger partial charge on any atom is -0.444 e. The lowest BCUT2D eigenvalue weighted by Gasteiger charge is -2.23. The molecule has 2 aromatic rings. The molecule has 3 rings (SSSR count). The molecule has 0 fully saturated rings. The van der Waals surface area contributed by atoms with Crippen molar-refractivity contribution in [2.45, 2.75) is 45.9 Å². The number of nitrogens with one attached hydrogen (secondary N) is 1. The van der Waals surface area contributed by atoms with Gasteiger partial charge in [-0.05, 0) is 38.5 Å². The van der Waals surface area contributed by atoms with Crippen LogP contribution in [0.3, 0.4) is 0 Å². The van der Waals surface area contributed by atoms with E-state index in [0.29, 0.717) is 28.5 Å². The highest BCUT2D eigenvalue weighted by Crippen LogP contribution is 2.21. The van der Waals surface area contributed by atoms with E-state index in [1.54, 1.807) is 12.1 Å². The molecule has 0 bridgehead atoms. The van der Waals surface area contributed by atoms with Gasteiger partial charge in [0.2, 0.25) is 0 Å². The van der Waals surface area contributed by atoms with Gasteiger partial charge in [0.05, 0.1) is 24.3 Å². The zero-order chi connectivity index (χ0) is 18.2. The highest BCUT2D eigenvalue weighted by Gasteiger charge is 2.30. The van der Waals surface area contributed by atoms with E-state index >= 15 is 0 Å². The number of hydrogen-bond donors (Lipinski definition) is 1. The van der Waals surface area contributed by atoms with Crippen molar-refractivity contribution in [1.82, 2.24) is 14.9 Å². The fraction of sp³-hybridized carbons (Fsp3) is 0.389. The fourth-order valence-corrected chi connectivity index (χ4v) is 2.78. The zero-order valence-corrected chi connectivity index (χ0v) is 15.2. The molecule has 2 heterocycles. The van der Waals surface area contributed by atoms with E-state index in [9.17, 15) is 9.59 Å². The van der Waals surface area contributed by atoms with Gasteiger partial charge in [-0.3, -0.25) is 9.69 Å². The van der Waals surface area contributed by atoms with Crippen LogP contribution in [0.4, 0.5) is 4.79 Å². The van der Waals surface area contributed by atoms with Crippen molar-refractivity contribution in [2.24, 2.45) is 0 Å². The van der Waals surface area contributed by atoms with Gasteiger partial charge in [-0.25, -0.2) is 9.78 Å². The Kier molecular flexibility index (Phi) is 4.56. The van der Waals surface area contributed by atoms with Crippen LogP contribution in [0.2, 0.25) is 5.02 Å². The summed E-state index contributed by atoms with van der Waals surface area (Å²) in [5.41, 5.74) is 1.35. The number of amides is 1. The van der Waals surface area contributed by atoms with Crippen LogP contribution in [-0.2, 0) is 24.2 Å². The van der Waals surface area contributed by atoms with E-state index in [2.05, 4.69) is 9.97 Å². The monoisotopic (exact) mass is 361 g/mol. The number of halogens is 1. The van der Waals surface area contributed by atoms with Gasteiger partial charge < -0.3 is 9.72 Å². The van der Waals surface area contributed by atoms with Crippen molar-refractivity contribution in [2.75, 3.05) is 0 Å². The van der Waals surface area contributed by atoms with E-state index in [-0.39, 0.29) is 18.6 Å². The van der Waals surface area contributed by atoms with Crippen LogP contribution in [0.5, 0.6) is 0 Å². The van der Waals surface area contributed by atoms with E-state index in [1.807, 2.05) is 32.9 Å². The molecular weight excluding hydrogens is 342 g/mol. The molecule has 1 aromatic carbocycles. The molecule has 0 saturated carbocycles. The summed E-state index contributed by atoms with van der Waals surface area (Å²) in [7, 11) is 0. The number of H-pyrrole nitrogens is 1. The Morgan fingerprint density at radius 2 is 1.96 bits per heavy atom. The lowest BCUT2D eigenvalue weighted by Crippen LogP contribution is -2.33. The lowest BCUT2D eigenvalue weighted by atomic mass is 10.1. The quantitative estimate of drug-likeness (QED) is 0.890. The fourth-order valence-electron chi connectivity index (χ4n) is 2.65. The zero-order valence-electron chi connectivity index (χ0n) is 14.4. The smallest absolute Gasteiger partial charge is 0.410 e. The maximum absolute atomic E-state index is 12.3. The van der Waals surface area contributed by atoms with Gasteiger partial charge >= 0.3 is 6.09 Å². The van der Waals surface area contributed by atoms with Crippen LogP contribution >= 0.6 is 11.6 Å². The predicted molar refractivity (Wildman–Crippen MR) is 94.6 cm³/mol. The topological polar surface area (TPSA) is 75.3 Å². The van der Waals surface area contributed by atoms with Gasteiger partial charge in [-0.15, -0.1) is 0 Å². The van der Waals surface area contributed by atoms with E-state index < -0.39 is 11.7 Å². The Bertz CT molecular complexity index is 853. The maximum atomic E-state index is 12.3. The summed E-state index contributed by atoms with van der Waals surface area (Å²) in [6.07, 6.45) is 0.0516. The Labute approximate surface area is 150 Å². The Morgan fingerprint density at radius 1 is 1.28 bits per heavy atom. The van der Waals surface area contributed by atoms with E-state index in [4.69, 9.17) is 16.3 Å². The summed E-state index contributed by atoms with van der Waals surface area (Å²) in [4.78, 5) is 33.3. The highest BCUT2D eigenvalue weighted by atomic mass is 35.5. The van der Waals surface area contributed by atoms with Gasteiger partial charge in [0, 0.05) is 11.4 Å². The Hall–Kier alpha value is -2.34. The third kappa shape index (κ3) is 4.20. The number of carbonyl (C=O) groups is 1. The number of nitrogens with zero attached hydrogens (tertiary/aromatic N) is 2. The van der Waals surface area contributed by atoms with Gasteiger partial charge in [0.15, 0.2) is 0 Å². The van der Waals surface area contributed by atoms with Crippen LogP contribution in [-0.4, -0.2) is 26.6 Å². The first-order valence-electron chi connectivity index (χ1n) is 8.04. The van der Waals surface area contributed by atoms with Crippen molar-refractivity contribution in [1.29, 1.82) is 0 Å². The predicted octanol–water partition coefficient (Wildman–Crippen LogP) is 3.26. The SMILES string of the molecule is CC(C)(C)OC(=O)N1Cc2nc(Cc3ccc(Cl)cc3)[nH]c(=O)c2C1. The van der Waals surface area contributed by atoms with Crippen molar-refractivity contribution < 1.29 is 9.53 Å². The normalized spacial score (nSPS) is 13.7. The number of carbonyl (C=O) groups excluding carboxylic acids is 1. The molecule has 0 atom stereocenters. The molecule has 0 unspecified atom stereocenters. The van der Waals surface area contributed by atoms with Crippen molar-refractivity contribution >= 4 is 17.7 Å². The molecule has 132 valence electrons. The van der Waals surface area contributed by atoms with Crippen molar-refractivity contribution in [3.8, 4) is 0 Å². The number of rotatable bonds is 2. The van der Waals surface area contributed by atoms with E-state index in [0.717, 1.165) is 5.56 Å². The van der Waals surface area contributed by atoms with Crippen LogP contribution < -0.4 is 5.56 Å². The molecule has 0 saturated heterocycles. The number of aromatic amines is 1. The third-order valence-electron chi connectivity index (χ3n) is 3.78. The molecule has 1 aliphatic heterocycles. The summed E-state index contributed by atoms with van der Waals surface area (Å²) in [6.45, 7) is 5.92. The van der Waals surface area contributed by atoms with Gasteiger partial charge in [-0.2, -0.15) is 0 Å². The second-order valence-corrected chi connectivity index (χ2v) is 7.51. The second kappa shape index (κ2) is 6.52. The van der Waals surface area contributed by atoms with Crippen LogP contribution in [0.25, 0.3) is 0 Å². The average molecular weight is 362 g/mol. The summed E-state index contributed by atoms with van der Waals surface area (Å²) in [5.74, 6) is 0.567. The summed E-state index contributed by atoms with van der Waals surface area (Å²) >= 11 is 5.89. The molecule has 0 spiro atoms. The first-order valence-corrected chi connectivity index (χ1v) is 8.42. The van der Waals surface area contributed by atoms with Crippen LogP contribution in [0, 0.1) is 0 Å². The van der Waals surface area contributed by atoms with Crippen LogP contribution in [0.15, 0.2) is 29.1 Å².